The number of carbonyl (C=O) groups excluding carboxylic acids is 1. The summed E-state index contributed by atoms with van der Waals surface area (Å²) in [5.74, 6) is -0.139. The molecule has 0 saturated carbocycles. The molecule has 0 radical (unpaired) electrons. The van der Waals surface area contributed by atoms with E-state index in [1.54, 1.807) is 0 Å². The summed E-state index contributed by atoms with van der Waals surface area (Å²) in [4.78, 5) is 12.0. The molecule has 5 nitrogen and oxygen atoms in total. The normalized spacial score (nSPS) is 12.2. The fourth-order valence-electron chi connectivity index (χ4n) is 2.09. The molecule has 0 fully saturated rings. The van der Waals surface area contributed by atoms with Crippen LogP contribution >= 0.6 is 0 Å². The van der Waals surface area contributed by atoms with Crippen LogP contribution in [-0.4, -0.2) is 31.8 Å². The van der Waals surface area contributed by atoms with Crippen molar-refractivity contribution in [2.45, 2.75) is 46.3 Å². The van der Waals surface area contributed by atoms with Crippen LogP contribution in [0, 0.1) is 6.92 Å². The second kappa shape index (κ2) is 10.3. The smallest absolute Gasteiger partial charge is 0.241 e. The lowest BCUT2D eigenvalue weighted by atomic mass is 10.1. The molecule has 0 heterocycles. The molecule has 1 rings (SSSR count). The van der Waals surface area contributed by atoms with Gasteiger partial charge in [0.1, 0.15) is 0 Å². The van der Waals surface area contributed by atoms with Crippen LogP contribution in [0.25, 0.3) is 0 Å². The van der Waals surface area contributed by atoms with E-state index in [4.69, 9.17) is 15.2 Å². The maximum absolute atomic E-state index is 12.0. The van der Waals surface area contributed by atoms with Gasteiger partial charge in [0.25, 0.3) is 0 Å². The first-order valence-electron chi connectivity index (χ1n) is 7.90. The third kappa shape index (κ3) is 6.13. The van der Waals surface area contributed by atoms with Gasteiger partial charge in [0.05, 0.1) is 25.9 Å². The van der Waals surface area contributed by atoms with Gasteiger partial charge in [-0.05, 0) is 37.5 Å². The SMILES string of the molecule is CCCC(N)C(=O)Nc1cccc(COCCOCC)c1C. The molecule has 0 aliphatic carbocycles. The summed E-state index contributed by atoms with van der Waals surface area (Å²) in [5, 5.41) is 2.90. The highest BCUT2D eigenvalue weighted by Crippen LogP contribution is 2.20. The molecule has 0 aliphatic rings. The number of nitrogens with one attached hydrogen (secondary N) is 1. The van der Waals surface area contributed by atoms with Crippen LogP contribution in [0.15, 0.2) is 18.2 Å². The summed E-state index contributed by atoms with van der Waals surface area (Å²) < 4.78 is 10.8. The lowest BCUT2D eigenvalue weighted by molar-refractivity contribution is -0.117. The van der Waals surface area contributed by atoms with E-state index in [-0.39, 0.29) is 5.91 Å². The van der Waals surface area contributed by atoms with Crippen molar-refractivity contribution < 1.29 is 14.3 Å². The number of carbonyl (C=O) groups is 1. The number of benzene rings is 1. The number of rotatable bonds is 10. The van der Waals surface area contributed by atoms with Crippen molar-refractivity contribution in [1.82, 2.24) is 0 Å². The molecule has 1 aromatic rings. The van der Waals surface area contributed by atoms with Gasteiger partial charge in [0.2, 0.25) is 5.91 Å². The van der Waals surface area contributed by atoms with Crippen LogP contribution < -0.4 is 11.1 Å². The standard InChI is InChI=1S/C17H28N2O3/c1-4-7-15(18)17(20)19-16-9-6-8-14(13(16)3)12-22-11-10-21-5-2/h6,8-9,15H,4-5,7,10-12,18H2,1-3H3,(H,19,20). The number of anilines is 1. The minimum absolute atomic E-state index is 0.139. The molecule has 124 valence electrons. The average molecular weight is 308 g/mol. The zero-order chi connectivity index (χ0) is 16.4. The molecule has 0 aromatic heterocycles. The number of hydrogen-bond acceptors (Lipinski definition) is 4. The van der Waals surface area contributed by atoms with E-state index in [2.05, 4.69) is 5.32 Å². The van der Waals surface area contributed by atoms with Crippen LogP contribution in [-0.2, 0) is 20.9 Å². The molecular weight excluding hydrogens is 280 g/mol. The van der Waals surface area contributed by atoms with E-state index < -0.39 is 6.04 Å². The Kier molecular flexibility index (Phi) is 8.74. The predicted octanol–water partition coefficient (Wildman–Crippen LogP) is 2.61. The van der Waals surface area contributed by atoms with Gasteiger partial charge in [-0.2, -0.15) is 0 Å². The predicted molar refractivity (Wildman–Crippen MR) is 88.8 cm³/mol. The van der Waals surface area contributed by atoms with Gasteiger partial charge in [-0.25, -0.2) is 0 Å². The molecule has 3 N–H and O–H groups in total. The lowest BCUT2D eigenvalue weighted by Gasteiger charge is -2.15. The minimum atomic E-state index is -0.463. The quantitative estimate of drug-likeness (QED) is 0.652. The first-order chi connectivity index (χ1) is 10.6. The topological polar surface area (TPSA) is 73.6 Å². The monoisotopic (exact) mass is 308 g/mol. The Morgan fingerprint density at radius 2 is 2.00 bits per heavy atom. The maximum atomic E-state index is 12.0. The molecule has 5 heteroatoms. The molecule has 1 atom stereocenters. The summed E-state index contributed by atoms with van der Waals surface area (Å²) >= 11 is 0. The van der Waals surface area contributed by atoms with Gasteiger partial charge in [-0.3, -0.25) is 4.79 Å². The largest absolute Gasteiger partial charge is 0.379 e. The van der Waals surface area contributed by atoms with Crippen molar-refractivity contribution in [3.63, 3.8) is 0 Å². The van der Waals surface area contributed by atoms with Crippen molar-refractivity contribution in [3.05, 3.63) is 29.3 Å². The van der Waals surface area contributed by atoms with Crippen molar-refractivity contribution in [3.8, 4) is 0 Å². The number of ether oxygens (including phenoxy) is 2. The maximum Gasteiger partial charge on any atom is 0.241 e. The average Bonchev–Trinajstić information content (AvgIpc) is 2.50. The third-order valence-electron chi connectivity index (χ3n) is 3.47. The van der Waals surface area contributed by atoms with E-state index >= 15 is 0 Å². The minimum Gasteiger partial charge on any atom is -0.379 e. The van der Waals surface area contributed by atoms with E-state index in [0.29, 0.717) is 32.8 Å². The summed E-state index contributed by atoms with van der Waals surface area (Å²) in [6.07, 6.45) is 1.58. The van der Waals surface area contributed by atoms with Gasteiger partial charge in [0.15, 0.2) is 0 Å². The lowest BCUT2D eigenvalue weighted by Crippen LogP contribution is -2.35. The van der Waals surface area contributed by atoms with Crippen molar-refractivity contribution >= 4 is 11.6 Å². The Labute approximate surface area is 133 Å². The van der Waals surface area contributed by atoms with Crippen LogP contribution in [0.4, 0.5) is 5.69 Å². The van der Waals surface area contributed by atoms with E-state index in [1.165, 1.54) is 0 Å². The van der Waals surface area contributed by atoms with Crippen LogP contribution in [0.1, 0.15) is 37.8 Å². The van der Waals surface area contributed by atoms with Crippen LogP contribution in [0.5, 0.6) is 0 Å². The van der Waals surface area contributed by atoms with Gasteiger partial charge >= 0.3 is 0 Å². The van der Waals surface area contributed by atoms with Gasteiger partial charge in [-0.1, -0.05) is 25.5 Å². The first kappa shape index (κ1) is 18.6. The van der Waals surface area contributed by atoms with Crippen LogP contribution in [0.3, 0.4) is 0 Å². The Bertz CT molecular complexity index is 463. The van der Waals surface area contributed by atoms with Gasteiger partial charge in [-0.15, -0.1) is 0 Å². The number of nitrogens with two attached hydrogens (primary N) is 1. The highest BCUT2D eigenvalue weighted by Gasteiger charge is 2.14. The Hall–Kier alpha value is -1.43. The Morgan fingerprint density at radius 3 is 2.68 bits per heavy atom. The summed E-state index contributed by atoms with van der Waals surface area (Å²) in [6.45, 7) is 8.30. The second-order valence-electron chi connectivity index (χ2n) is 5.22. The second-order valence-corrected chi connectivity index (χ2v) is 5.22. The third-order valence-corrected chi connectivity index (χ3v) is 3.47. The highest BCUT2D eigenvalue weighted by molar-refractivity contribution is 5.95. The molecule has 0 saturated heterocycles. The summed E-state index contributed by atoms with van der Waals surface area (Å²) in [5.41, 5.74) is 8.70. The molecule has 0 aliphatic heterocycles. The first-order valence-corrected chi connectivity index (χ1v) is 7.90. The van der Waals surface area contributed by atoms with Crippen molar-refractivity contribution in [2.75, 3.05) is 25.1 Å². The molecular formula is C17H28N2O3. The van der Waals surface area contributed by atoms with E-state index in [1.807, 2.05) is 39.0 Å². The number of amides is 1. The molecule has 22 heavy (non-hydrogen) atoms. The van der Waals surface area contributed by atoms with E-state index in [9.17, 15) is 4.79 Å². The van der Waals surface area contributed by atoms with Crippen LogP contribution in [0.2, 0.25) is 0 Å². The summed E-state index contributed by atoms with van der Waals surface area (Å²) in [6, 6.07) is 5.33. The van der Waals surface area contributed by atoms with Crippen molar-refractivity contribution in [2.24, 2.45) is 5.73 Å². The molecule has 0 bridgehead atoms. The fraction of sp³-hybridized carbons (Fsp3) is 0.588. The molecule has 1 unspecified atom stereocenters. The number of hydrogen-bond donors (Lipinski definition) is 2. The Balaban J connectivity index is 2.58. The molecule has 0 spiro atoms. The summed E-state index contributed by atoms with van der Waals surface area (Å²) in [7, 11) is 0. The fourth-order valence-corrected chi connectivity index (χ4v) is 2.09. The zero-order valence-electron chi connectivity index (χ0n) is 13.9. The molecule has 1 amide bonds. The Morgan fingerprint density at radius 1 is 1.27 bits per heavy atom. The van der Waals surface area contributed by atoms with Gasteiger partial charge < -0.3 is 20.5 Å². The van der Waals surface area contributed by atoms with E-state index in [0.717, 1.165) is 23.2 Å². The van der Waals surface area contributed by atoms with Gasteiger partial charge in [0, 0.05) is 12.3 Å². The molecule has 1 aromatic carbocycles. The van der Waals surface area contributed by atoms with Crippen molar-refractivity contribution in [1.29, 1.82) is 0 Å². The highest BCUT2D eigenvalue weighted by atomic mass is 16.5. The zero-order valence-corrected chi connectivity index (χ0v) is 13.9.